The van der Waals surface area contributed by atoms with Crippen LogP contribution in [0.3, 0.4) is 0 Å². The predicted molar refractivity (Wildman–Crippen MR) is 373 cm³/mol. The number of alkyl halides is 6. The molecular formula is C73H86Cl3F7N8O8. The summed E-state index contributed by atoms with van der Waals surface area (Å²) in [5.74, 6) is -1.89. The second-order valence-electron chi connectivity index (χ2n) is 25.6. The summed E-state index contributed by atoms with van der Waals surface area (Å²) in [6, 6.07) is 39.4. The van der Waals surface area contributed by atoms with Crippen LogP contribution in [0.15, 0.2) is 146 Å². The number of carbonyl (C=O) groups is 5. The number of carbonyl (C=O) groups excluding carboxylic acids is 5. The van der Waals surface area contributed by atoms with E-state index < -0.39 is 64.6 Å². The van der Waals surface area contributed by atoms with Crippen molar-refractivity contribution in [2.24, 2.45) is 0 Å². The highest BCUT2D eigenvalue weighted by Crippen LogP contribution is 2.48. The fourth-order valence-electron chi connectivity index (χ4n) is 13.5. The molecule has 10 rings (SSSR count). The summed E-state index contributed by atoms with van der Waals surface area (Å²) in [6.45, 7) is 4.84. The number of piperidine rings is 2. The lowest BCUT2D eigenvalue weighted by molar-refractivity contribution is -0.143. The van der Waals surface area contributed by atoms with Crippen LogP contribution in [0.4, 0.5) is 52.6 Å². The Morgan fingerprint density at radius 3 is 1.96 bits per heavy atom. The first-order valence-electron chi connectivity index (χ1n) is 32.9. The Morgan fingerprint density at radius 2 is 1.27 bits per heavy atom. The molecule has 0 saturated carbocycles. The van der Waals surface area contributed by atoms with E-state index in [1.807, 2.05) is 98.0 Å². The summed E-state index contributed by atoms with van der Waals surface area (Å²) in [7, 11) is 3.53. The van der Waals surface area contributed by atoms with Gasteiger partial charge in [-0.15, -0.1) is 37.2 Å². The zero-order valence-electron chi connectivity index (χ0n) is 55.4. The summed E-state index contributed by atoms with van der Waals surface area (Å²) in [5, 5.41) is 9.28. The highest BCUT2D eigenvalue weighted by Gasteiger charge is 2.50. The van der Waals surface area contributed by atoms with Gasteiger partial charge < -0.3 is 49.3 Å². The van der Waals surface area contributed by atoms with Crippen LogP contribution >= 0.6 is 37.2 Å². The van der Waals surface area contributed by atoms with E-state index in [9.17, 15) is 54.7 Å². The highest BCUT2D eigenvalue weighted by atomic mass is 35.5. The zero-order valence-corrected chi connectivity index (χ0v) is 57.8. The van der Waals surface area contributed by atoms with Crippen molar-refractivity contribution >= 4 is 84.0 Å². The van der Waals surface area contributed by atoms with E-state index >= 15 is 0 Å². The maximum Gasteiger partial charge on any atom is 0.416 e. The molecule has 0 radical (unpaired) electrons. The molecule has 6 aromatic rings. The summed E-state index contributed by atoms with van der Waals surface area (Å²) >= 11 is 0. The van der Waals surface area contributed by atoms with Crippen molar-refractivity contribution in [2.45, 2.75) is 113 Å². The van der Waals surface area contributed by atoms with E-state index in [0.717, 1.165) is 91.1 Å². The van der Waals surface area contributed by atoms with Gasteiger partial charge in [0.1, 0.15) is 30.9 Å². The molecule has 2 atom stereocenters. The SMILES string of the molecule is CN(CCN1CCC(OC(=O)Nc2ccccc2-c2ccccc2)CC1)C(=O)CCCCCNc1ccc(NC(=O)CCCN(C)C(=O)CO[C@H]2Cc3ccccc3C23CCN(CC[C@]2(c4ccc(F)cc4)CN(C(=O)c4cc(C(F)(F)F)cc(C(F)(F)F)c4)CO2)CC3)cc1.Cl.Cl.Cl. The van der Waals surface area contributed by atoms with Crippen LogP contribution in [0.5, 0.6) is 0 Å². The molecule has 0 unspecified atom stereocenters. The van der Waals surface area contributed by atoms with Crippen LogP contribution in [-0.4, -0.2) is 159 Å². The molecule has 3 N–H and O–H groups in total. The maximum absolute atomic E-state index is 14.2. The summed E-state index contributed by atoms with van der Waals surface area (Å²) in [4.78, 5) is 75.1. The van der Waals surface area contributed by atoms with Crippen molar-refractivity contribution in [3.8, 4) is 11.1 Å². The van der Waals surface area contributed by atoms with Crippen molar-refractivity contribution in [1.82, 2.24) is 24.5 Å². The number of likely N-dealkylation sites (tertiary alicyclic amines) is 2. The molecule has 5 amide bonds. The topological polar surface area (TPSA) is 165 Å². The average Bonchev–Trinajstić information content (AvgIpc) is 1.60. The first-order valence-corrected chi connectivity index (χ1v) is 32.9. The van der Waals surface area contributed by atoms with Crippen molar-refractivity contribution in [3.05, 3.63) is 185 Å². The lowest BCUT2D eigenvalue weighted by Gasteiger charge is -2.44. The molecule has 3 saturated heterocycles. The number of rotatable bonds is 26. The number of hydrogen-bond acceptors (Lipinski definition) is 11. The third-order valence-corrected chi connectivity index (χ3v) is 19.1. The molecule has 16 nitrogen and oxygen atoms in total. The number of fused-ring (bicyclic) bond motifs is 2. The molecule has 536 valence electrons. The number of ether oxygens (including phenoxy) is 3. The van der Waals surface area contributed by atoms with Gasteiger partial charge in [0.05, 0.1) is 29.5 Å². The number of nitrogens with one attached hydrogen (secondary N) is 3. The average molecular weight is 1440 g/mol. The molecular weight excluding hydrogens is 1360 g/mol. The second-order valence-corrected chi connectivity index (χ2v) is 25.6. The Hall–Kier alpha value is -7.51. The monoisotopic (exact) mass is 1440 g/mol. The number of hydrogen-bond donors (Lipinski definition) is 3. The first kappa shape index (κ1) is 78.8. The first-order chi connectivity index (χ1) is 46.0. The van der Waals surface area contributed by atoms with E-state index in [0.29, 0.717) is 93.9 Å². The smallest absolute Gasteiger partial charge is 0.416 e. The Bertz CT molecular complexity index is 3610. The van der Waals surface area contributed by atoms with Gasteiger partial charge in [0.2, 0.25) is 17.7 Å². The molecule has 0 aromatic heterocycles. The van der Waals surface area contributed by atoms with Gasteiger partial charge in [0.15, 0.2) is 0 Å². The normalized spacial score (nSPS) is 17.7. The number of likely N-dealkylation sites (N-methyl/N-ethyl adjacent to an activating group) is 2. The van der Waals surface area contributed by atoms with Gasteiger partial charge in [-0.25, -0.2) is 9.18 Å². The van der Waals surface area contributed by atoms with Crippen LogP contribution in [0, 0.1) is 5.82 Å². The Kier molecular flexibility index (Phi) is 28.4. The van der Waals surface area contributed by atoms with Crippen LogP contribution in [0.1, 0.15) is 109 Å². The number of amides is 5. The van der Waals surface area contributed by atoms with Crippen LogP contribution < -0.4 is 16.0 Å². The number of nitrogens with zero attached hydrogens (tertiary/aromatic N) is 5. The van der Waals surface area contributed by atoms with Gasteiger partial charge in [-0.3, -0.25) is 24.5 Å². The number of anilines is 3. The van der Waals surface area contributed by atoms with Crippen LogP contribution in [0.25, 0.3) is 11.1 Å². The summed E-state index contributed by atoms with van der Waals surface area (Å²) < 4.78 is 115. The van der Waals surface area contributed by atoms with Crippen LogP contribution in [0.2, 0.25) is 0 Å². The maximum atomic E-state index is 14.2. The molecule has 1 aliphatic carbocycles. The van der Waals surface area contributed by atoms with E-state index in [-0.39, 0.29) is 99.2 Å². The van der Waals surface area contributed by atoms with E-state index in [4.69, 9.17) is 14.2 Å². The van der Waals surface area contributed by atoms with Gasteiger partial charge in [0.25, 0.3) is 5.91 Å². The van der Waals surface area contributed by atoms with E-state index in [2.05, 4.69) is 37.9 Å². The fraction of sp³-hybridized carbons (Fsp3) is 0.438. The Labute approximate surface area is 591 Å². The third kappa shape index (κ3) is 20.8. The van der Waals surface area contributed by atoms with E-state index in [1.54, 1.807) is 16.8 Å². The van der Waals surface area contributed by atoms with Crippen molar-refractivity contribution in [3.63, 3.8) is 0 Å². The van der Waals surface area contributed by atoms with Gasteiger partial charge in [0, 0.05) is 101 Å². The van der Waals surface area contributed by atoms with Gasteiger partial charge in [-0.1, -0.05) is 91.3 Å². The molecule has 4 aliphatic rings. The molecule has 1 spiro atoms. The lowest BCUT2D eigenvalue weighted by Crippen LogP contribution is -2.50. The van der Waals surface area contributed by atoms with Gasteiger partial charge in [-0.05, 0) is 154 Å². The molecule has 3 aliphatic heterocycles. The molecule has 99 heavy (non-hydrogen) atoms. The van der Waals surface area contributed by atoms with Gasteiger partial charge in [-0.2, -0.15) is 26.3 Å². The second kappa shape index (κ2) is 35.7. The predicted octanol–water partition coefficient (Wildman–Crippen LogP) is 14.5. The highest BCUT2D eigenvalue weighted by molar-refractivity contribution is 5.95. The number of benzene rings is 6. The minimum Gasteiger partial charge on any atom is -0.446 e. The number of halogens is 10. The largest absolute Gasteiger partial charge is 0.446 e. The molecule has 26 heteroatoms. The van der Waals surface area contributed by atoms with Crippen LogP contribution in [-0.2, 0) is 58.4 Å². The molecule has 6 aromatic carbocycles. The standard InChI is InChI=1S/C73H83F7N8O8.3ClH/c1-84(36-13-20-65(89)82-59-28-26-58(27-29-59)81-35-12-4-7-21-66(90)85(2)42-43-86-37-30-60(31-38-86)96-69(93)83-63-19-11-9-17-61(63)51-14-5-3-6-15-51)67(91)48-94-64-46-52-16-8-10-18-62(52)70(64)32-39-87(40-33-70)41-34-71(54-22-24-57(74)25-23-54)49-88(50-95-71)68(92)53-44-55(72(75,76)77)47-56(45-53)73(78,79)80;;;/h3,5-6,8-11,14-19,22-29,44-45,47,60,64,81H,4,7,12-13,20-21,30-43,46,48-50H2,1-2H3,(H,82,89)(H,83,93);3*1H/t64-,71+;;;/m0.../s1. The molecule has 3 heterocycles. The molecule has 0 bridgehead atoms. The Balaban J connectivity index is 0.00000459. The Morgan fingerprint density at radius 1 is 0.646 bits per heavy atom. The third-order valence-electron chi connectivity index (χ3n) is 19.1. The number of unbranched alkanes of at least 4 members (excludes halogenated alkanes) is 2. The lowest BCUT2D eigenvalue weighted by atomic mass is 9.72. The minimum atomic E-state index is -5.15. The zero-order chi connectivity index (χ0) is 68.0. The quantitative estimate of drug-likeness (QED) is 0.0350. The number of para-hydroxylation sites is 1. The van der Waals surface area contributed by atoms with Gasteiger partial charge >= 0.3 is 18.4 Å². The van der Waals surface area contributed by atoms with E-state index in [1.165, 1.54) is 24.3 Å². The van der Waals surface area contributed by atoms with Crippen molar-refractivity contribution in [2.75, 3.05) is 109 Å². The van der Waals surface area contributed by atoms with Crippen molar-refractivity contribution in [1.29, 1.82) is 0 Å². The van der Waals surface area contributed by atoms with Crippen molar-refractivity contribution < 1.29 is 68.9 Å². The minimum absolute atomic E-state index is 0. The summed E-state index contributed by atoms with van der Waals surface area (Å²) in [5.41, 5.74) is 1.29. The fourth-order valence-corrected chi connectivity index (χ4v) is 13.5. The summed E-state index contributed by atoms with van der Waals surface area (Å²) in [6.07, 6.45) is -3.94. The molecule has 3 fully saturated rings.